The molecule has 1 aromatic carbocycles. The summed E-state index contributed by atoms with van der Waals surface area (Å²) in [6, 6.07) is 5.63. The molecule has 1 fully saturated rings. The molecule has 0 spiro atoms. The zero-order chi connectivity index (χ0) is 15.5. The summed E-state index contributed by atoms with van der Waals surface area (Å²) < 4.78 is 5.77. The number of fused-ring (bicyclic) bond motifs is 1. The van der Waals surface area contributed by atoms with Crippen LogP contribution in [0.15, 0.2) is 18.2 Å². The van der Waals surface area contributed by atoms with E-state index in [0.717, 1.165) is 56.1 Å². The summed E-state index contributed by atoms with van der Waals surface area (Å²) in [7, 11) is 0. The Balaban J connectivity index is 1.74. The number of rotatable bonds is 3. The Labute approximate surface area is 132 Å². The quantitative estimate of drug-likeness (QED) is 0.833. The number of nitrogens with zero attached hydrogens (tertiary/aromatic N) is 1. The molecule has 2 aliphatic rings. The zero-order valence-corrected chi connectivity index (χ0v) is 13.4. The molecular weight excluding hydrogens is 278 g/mol. The van der Waals surface area contributed by atoms with Crippen molar-refractivity contribution in [3.63, 3.8) is 0 Å². The molecule has 120 valence electrons. The molecule has 0 bridgehead atoms. The van der Waals surface area contributed by atoms with E-state index in [1.807, 2.05) is 32.0 Å². The fourth-order valence-electron chi connectivity index (χ4n) is 3.10. The summed E-state index contributed by atoms with van der Waals surface area (Å²) >= 11 is 0. The molecule has 2 unspecified atom stereocenters. The molecule has 0 aromatic heterocycles. The maximum atomic E-state index is 12.8. The average Bonchev–Trinajstić information content (AvgIpc) is 2.82. The Bertz CT molecular complexity index is 539. The van der Waals surface area contributed by atoms with Crippen molar-refractivity contribution in [2.45, 2.75) is 32.4 Å². The van der Waals surface area contributed by atoms with Gasteiger partial charge in [0, 0.05) is 25.2 Å². The van der Waals surface area contributed by atoms with Gasteiger partial charge >= 0.3 is 0 Å². The minimum Gasteiger partial charge on any atom is -0.487 e. The molecule has 0 saturated carbocycles. The standard InChI is InChI=1S/C17H25N3O2/c1-12-11-19-15-10-14(4-5-16(15)22-12)17(21)13(2)20-8-3-6-18-7-9-20/h4-5,10,12-13,18-19H,3,6-9,11H2,1-2H3. The lowest BCUT2D eigenvalue weighted by Gasteiger charge is -2.28. The average molecular weight is 303 g/mol. The number of hydrogen-bond donors (Lipinski definition) is 2. The molecule has 2 atom stereocenters. The van der Waals surface area contributed by atoms with Crippen LogP contribution in [-0.2, 0) is 0 Å². The van der Waals surface area contributed by atoms with E-state index in [1.54, 1.807) is 0 Å². The van der Waals surface area contributed by atoms with Crippen LogP contribution >= 0.6 is 0 Å². The van der Waals surface area contributed by atoms with Gasteiger partial charge in [-0.25, -0.2) is 0 Å². The zero-order valence-electron chi connectivity index (χ0n) is 13.4. The van der Waals surface area contributed by atoms with Crippen molar-refractivity contribution in [1.82, 2.24) is 10.2 Å². The fourth-order valence-corrected chi connectivity index (χ4v) is 3.10. The van der Waals surface area contributed by atoms with Crippen LogP contribution in [0.5, 0.6) is 5.75 Å². The van der Waals surface area contributed by atoms with Crippen molar-refractivity contribution in [3.8, 4) is 5.75 Å². The third-order valence-electron chi connectivity index (χ3n) is 4.47. The minimum atomic E-state index is -0.0821. The van der Waals surface area contributed by atoms with Gasteiger partial charge in [-0.1, -0.05) is 0 Å². The SMILES string of the molecule is CC1CNc2cc(C(=O)C(C)N3CCCNCC3)ccc2O1. The van der Waals surface area contributed by atoms with E-state index in [1.165, 1.54) is 0 Å². The first kappa shape index (κ1) is 15.3. The second-order valence-corrected chi connectivity index (χ2v) is 6.20. The van der Waals surface area contributed by atoms with E-state index in [-0.39, 0.29) is 17.9 Å². The van der Waals surface area contributed by atoms with E-state index in [0.29, 0.717) is 0 Å². The predicted octanol–water partition coefficient (Wildman–Crippen LogP) is 1.75. The highest BCUT2D eigenvalue weighted by Gasteiger charge is 2.24. The fraction of sp³-hybridized carbons (Fsp3) is 0.588. The van der Waals surface area contributed by atoms with Gasteiger partial charge in [0.15, 0.2) is 5.78 Å². The molecule has 1 aromatic rings. The third-order valence-corrected chi connectivity index (χ3v) is 4.47. The maximum absolute atomic E-state index is 12.8. The molecular formula is C17H25N3O2. The molecule has 0 aliphatic carbocycles. The molecule has 22 heavy (non-hydrogen) atoms. The largest absolute Gasteiger partial charge is 0.487 e. The van der Waals surface area contributed by atoms with Gasteiger partial charge in [0.05, 0.1) is 18.3 Å². The highest BCUT2D eigenvalue weighted by molar-refractivity contribution is 6.01. The van der Waals surface area contributed by atoms with E-state index in [2.05, 4.69) is 15.5 Å². The number of carbonyl (C=O) groups is 1. The number of ketones is 1. The van der Waals surface area contributed by atoms with Crippen LogP contribution in [0.1, 0.15) is 30.6 Å². The van der Waals surface area contributed by atoms with Gasteiger partial charge in [0.2, 0.25) is 0 Å². The maximum Gasteiger partial charge on any atom is 0.179 e. The lowest BCUT2D eigenvalue weighted by atomic mass is 10.0. The molecule has 2 N–H and O–H groups in total. The van der Waals surface area contributed by atoms with Crippen LogP contribution in [0, 0.1) is 0 Å². The smallest absolute Gasteiger partial charge is 0.179 e. The van der Waals surface area contributed by atoms with Crippen LogP contribution < -0.4 is 15.4 Å². The van der Waals surface area contributed by atoms with E-state index in [9.17, 15) is 4.79 Å². The predicted molar refractivity (Wildman–Crippen MR) is 87.9 cm³/mol. The number of Topliss-reactive ketones (excluding diaryl/α,β-unsaturated/α-hetero) is 1. The Kier molecular flexibility index (Phi) is 4.64. The molecule has 3 rings (SSSR count). The van der Waals surface area contributed by atoms with Gasteiger partial charge in [-0.15, -0.1) is 0 Å². The Hall–Kier alpha value is -1.59. The van der Waals surface area contributed by atoms with Crippen molar-refractivity contribution >= 4 is 11.5 Å². The van der Waals surface area contributed by atoms with Crippen LogP contribution in [0.25, 0.3) is 0 Å². The highest BCUT2D eigenvalue weighted by Crippen LogP contribution is 2.30. The van der Waals surface area contributed by atoms with Crippen LogP contribution in [-0.4, -0.2) is 55.6 Å². The molecule has 0 amide bonds. The Morgan fingerprint density at radius 1 is 1.36 bits per heavy atom. The van der Waals surface area contributed by atoms with Crippen LogP contribution in [0.4, 0.5) is 5.69 Å². The summed E-state index contributed by atoms with van der Waals surface area (Å²) in [6.45, 7) is 8.72. The van der Waals surface area contributed by atoms with E-state index < -0.39 is 0 Å². The molecule has 2 heterocycles. The normalized spacial score (nSPS) is 23.6. The van der Waals surface area contributed by atoms with E-state index in [4.69, 9.17) is 4.74 Å². The van der Waals surface area contributed by atoms with Gasteiger partial charge in [0.25, 0.3) is 0 Å². The number of carbonyl (C=O) groups excluding carboxylic acids is 1. The number of nitrogens with one attached hydrogen (secondary N) is 2. The van der Waals surface area contributed by atoms with Crippen molar-refractivity contribution in [3.05, 3.63) is 23.8 Å². The van der Waals surface area contributed by atoms with Crippen molar-refractivity contribution in [1.29, 1.82) is 0 Å². The summed E-state index contributed by atoms with van der Waals surface area (Å²) in [5, 5.41) is 6.71. The van der Waals surface area contributed by atoms with Crippen molar-refractivity contribution in [2.75, 3.05) is 38.0 Å². The van der Waals surface area contributed by atoms with Crippen molar-refractivity contribution in [2.24, 2.45) is 0 Å². The summed E-state index contributed by atoms with van der Waals surface area (Å²) in [4.78, 5) is 15.0. The molecule has 1 saturated heterocycles. The van der Waals surface area contributed by atoms with Crippen LogP contribution in [0.2, 0.25) is 0 Å². The van der Waals surface area contributed by atoms with Gasteiger partial charge in [-0.3, -0.25) is 9.69 Å². The van der Waals surface area contributed by atoms with Gasteiger partial charge in [-0.2, -0.15) is 0 Å². The lowest BCUT2D eigenvalue weighted by molar-refractivity contribution is 0.0846. The monoisotopic (exact) mass is 303 g/mol. The first-order valence-corrected chi connectivity index (χ1v) is 8.18. The summed E-state index contributed by atoms with van der Waals surface area (Å²) in [5.41, 5.74) is 1.68. The molecule has 2 aliphatic heterocycles. The number of benzene rings is 1. The third kappa shape index (κ3) is 3.25. The molecule has 5 heteroatoms. The minimum absolute atomic E-state index is 0.0821. The van der Waals surface area contributed by atoms with Gasteiger partial charge < -0.3 is 15.4 Å². The van der Waals surface area contributed by atoms with E-state index >= 15 is 0 Å². The number of hydrogen-bond acceptors (Lipinski definition) is 5. The Morgan fingerprint density at radius 3 is 3.09 bits per heavy atom. The molecule has 0 radical (unpaired) electrons. The second kappa shape index (κ2) is 6.67. The van der Waals surface area contributed by atoms with Crippen LogP contribution in [0.3, 0.4) is 0 Å². The first-order valence-electron chi connectivity index (χ1n) is 8.18. The summed E-state index contributed by atoms with van der Waals surface area (Å²) in [6.07, 6.45) is 1.26. The highest BCUT2D eigenvalue weighted by atomic mass is 16.5. The van der Waals surface area contributed by atoms with Crippen molar-refractivity contribution < 1.29 is 9.53 Å². The summed E-state index contributed by atoms with van der Waals surface area (Å²) in [5.74, 6) is 1.02. The first-order chi connectivity index (χ1) is 10.6. The Morgan fingerprint density at radius 2 is 2.23 bits per heavy atom. The topological polar surface area (TPSA) is 53.6 Å². The number of anilines is 1. The second-order valence-electron chi connectivity index (χ2n) is 6.20. The molecule has 5 nitrogen and oxygen atoms in total. The number of ether oxygens (including phenoxy) is 1. The van der Waals surface area contributed by atoms with Gasteiger partial charge in [-0.05, 0) is 45.0 Å². The van der Waals surface area contributed by atoms with Gasteiger partial charge in [0.1, 0.15) is 11.9 Å². The lowest BCUT2D eigenvalue weighted by Crippen LogP contribution is -2.41.